The lowest BCUT2D eigenvalue weighted by Gasteiger charge is -2.52. The number of hydrogen-bond acceptors (Lipinski definition) is 5. The van der Waals surface area contributed by atoms with Crippen LogP contribution >= 0.6 is 0 Å². The number of carbonyl (C=O) groups excluding carboxylic acids is 1. The third-order valence-electron chi connectivity index (χ3n) is 10.6. The van der Waals surface area contributed by atoms with E-state index in [-0.39, 0.29) is 11.5 Å². The minimum absolute atomic E-state index is 0.0667. The highest BCUT2D eigenvalue weighted by atomic mass is 16.5. The number of hydrogen-bond donors (Lipinski definition) is 0. The minimum Gasteiger partial charge on any atom is -0.494 e. The summed E-state index contributed by atoms with van der Waals surface area (Å²) in [6.07, 6.45) is 6.31. The number of likely N-dealkylation sites (tertiary alicyclic amines) is 1. The molecule has 8 nitrogen and oxygen atoms in total. The quantitative estimate of drug-likeness (QED) is 0.315. The number of nitrogens with zero attached hydrogens (tertiary/aromatic N) is 5. The van der Waals surface area contributed by atoms with Gasteiger partial charge in [-0.2, -0.15) is 0 Å². The van der Waals surface area contributed by atoms with Crippen molar-refractivity contribution in [1.82, 2.24) is 24.0 Å². The van der Waals surface area contributed by atoms with Gasteiger partial charge in [-0.3, -0.25) is 4.79 Å². The summed E-state index contributed by atoms with van der Waals surface area (Å²) in [7, 11) is 3.50. The van der Waals surface area contributed by atoms with Gasteiger partial charge in [0.05, 0.1) is 23.9 Å². The standard InChI is InChI=1S/C32H37N5O3/c1-5-35-25(11-19-7-6-8-33-29(19)35)30-34-23-10-21(31(38)36-17-22-9-20-12-24(36)27(20)22)13-26(39-3)28(23)37(30)16-18-14-32(2,15-18)40-4/h6-8,10-11,13,18,20,22,24,27H,5,9,12,14-17H2,1-4H3/t18-,20?,22-,24-,27-,32-/m1/s1. The van der Waals surface area contributed by atoms with Crippen LogP contribution in [0.15, 0.2) is 36.5 Å². The van der Waals surface area contributed by atoms with Gasteiger partial charge in [0.1, 0.15) is 16.9 Å². The van der Waals surface area contributed by atoms with Crippen LogP contribution in [0.5, 0.6) is 5.75 Å². The number of ether oxygens (including phenoxy) is 2. The average Bonchev–Trinajstić information content (AvgIpc) is 3.49. The minimum atomic E-state index is -0.0667. The van der Waals surface area contributed by atoms with E-state index < -0.39 is 0 Å². The van der Waals surface area contributed by atoms with Gasteiger partial charge in [-0.1, -0.05) is 0 Å². The molecule has 0 bridgehead atoms. The Kier molecular flexibility index (Phi) is 5.22. The maximum Gasteiger partial charge on any atom is 0.254 e. The largest absolute Gasteiger partial charge is 0.494 e. The number of aromatic nitrogens is 4. The van der Waals surface area contributed by atoms with Crippen LogP contribution in [0.1, 0.15) is 49.9 Å². The van der Waals surface area contributed by atoms with Crippen molar-refractivity contribution in [3.8, 4) is 17.3 Å². The molecule has 208 valence electrons. The smallest absolute Gasteiger partial charge is 0.254 e. The SMILES string of the molecule is CCn1c(-c2nc3cc(C(=O)N4C[C@H]5CC6C[C@@H]4[C@H]65)cc(OC)c3n2C[C@H]2C[C@](C)(OC)C2)cc2cccnc21. The van der Waals surface area contributed by atoms with Gasteiger partial charge >= 0.3 is 0 Å². The number of imidazole rings is 1. The molecule has 0 N–H and O–H groups in total. The Labute approximate surface area is 234 Å². The lowest BCUT2D eigenvalue weighted by Crippen LogP contribution is -2.53. The van der Waals surface area contributed by atoms with E-state index in [1.807, 2.05) is 24.4 Å². The van der Waals surface area contributed by atoms with Crippen LogP contribution in [0.25, 0.3) is 33.6 Å². The number of methoxy groups -OCH3 is 2. The second-order valence-corrected chi connectivity index (χ2v) is 12.8. The Morgan fingerprint density at radius 3 is 2.70 bits per heavy atom. The number of rotatable bonds is 7. The molecule has 1 aliphatic heterocycles. The van der Waals surface area contributed by atoms with Gasteiger partial charge in [-0.05, 0) is 93.5 Å². The van der Waals surface area contributed by atoms with Crippen LogP contribution in [0.2, 0.25) is 0 Å². The lowest BCUT2D eigenvalue weighted by atomic mass is 9.53. The first kappa shape index (κ1) is 24.4. The van der Waals surface area contributed by atoms with Crippen molar-refractivity contribution in [2.75, 3.05) is 20.8 Å². The molecule has 3 aliphatic carbocycles. The van der Waals surface area contributed by atoms with Crippen molar-refractivity contribution in [3.05, 3.63) is 42.1 Å². The fourth-order valence-electron chi connectivity index (χ4n) is 8.55. The summed E-state index contributed by atoms with van der Waals surface area (Å²) >= 11 is 0. The summed E-state index contributed by atoms with van der Waals surface area (Å²) in [4.78, 5) is 25.9. The van der Waals surface area contributed by atoms with Crippen LogP contribution in [0, 0.1) is 23.7 Å². The van der Waals surface area contributed by atoms with Crippen molar-refractivity contribution in [1.29, 1.82) is 0 Å². The molecule has 1 amide bonds. The third-order valence-corrected chi connectivity index (χ3v) is 10.6. The summed E-state index contributed by atoms with van der Waals surface area (Å²) in [5.74, 6) is 4.49. The summed E-state index contributed by atoms with van der Waals surface area (Å²) in [6, 6.07) is 10.6. The van der Waals surface area contributed by atoms with Crippen molar-refractivity contribution in [2.24, 2.45) is 23.7 Å². The number of pyridine rings is 1. The van der Waals surface area contributed by atoms with Gasteiger partial charge in [0.2, 0.25) is 0 Å². The second kappa shape index (κ2) is 8.56. The molecule has 1 saturated heterocycles. The number of carbonyl (C=O) groups is 1. The molecule has 40 heavy (non-hydrogen) atoms. The molecule has 4 aromatic rings. The van der Waals surface area contributed by atoms with Gasteiger partial charge in [-0.25, -0.2) is 9.97 Å². The number of amides is 1. The summed E-state index contributed by atoms with van der Waals surface area (Å²) in [5.41, 5.74) is 4.36. The Bertz CT molecular complexity index is 1660. The topological polar surface area (TPSA) is 74.4 Å². The van der Waals surface area contributed by atoms with Crippen molar-refractivity contribution in [2.45, 2.75) is 64.3 Å². The zero-order valence-corrected chi connectivity index (χ0v) is 23.8. The molecular weight excluding hydrogens is 502 g/mol. The van der Waals surface area contributed by atoms with E-state index in [0.717, 1.165) is 77.9 Å². The van der Waals surface area contributed by atoms with Crippen LogP contribution in [-0.2, 0) is 17.8 Å². The molecular formula is C32H37N5O3. The van der Waals surface area contributed by atoms with E-state index in [0.29, 0.717) is 29.2 Å². The van der Waals surface area contributed by atoms with E-state index in [1.165, 1.54) is 12.8 Å². The van der Waals surface area contributed by atoms with Crippen LogP contribution in [0.4, 0.5) is 0 Å². The van der Waals surface area contributed by atoms with E-state index in [2.05, 4.69) is 45.0 Å². The zero-order valence-electron chi connectivity index (χ0n) is 23.8. The Morgan fingerprint density at radius 1 is 1.12 bits per heavy atom. The van der Waals surface area contributed by atoms with Gasteiger partial charge in [-0.15, -0.1) is 0 Å². The van der Waals surface area contributed by atoms with Crippen molar-refractivity contribution >= 4 is 28.0 Å². The van der Waals surface area contributed by atoms with Gasteiger partial charge < -0.3 is 23.5 Å². The maximum atomic E-state index is 13.8. The zero-order chi connectivity index (χ0) is 27.3. The van der Waals surface area contributed by atoms with E-state index in [1.54, 1.807) is 14.2 Å². The first-order valence-corrected chi connectivity index (χ1v) is 14.8. The molecule has 8 rings (SSSR count). The number of fused-ring (bicyclic) bond motifs is 2. The van der Waals surface area contributed by atoms with E-state index in [4.69, 9.17) is 14.5 Å². The van der Waals surface area contributed by atoms with Gasteiger partial charge in [0.15, 0.2) is 5.82 Å². The Morgan fingerprint density at radius 2 is 1.98 bits per heavy atom. The highest BCUT2D eigenvalue weighted by Gasteiger charge is 2.61. The lowest BCUT2D eigenvalue weighted by molar-refractivity contribution is -0.0937. The first-order valence-electron chi connectivity index (χ1n) is 14.8. The van der Waals surface area contributed by atoms with Crippen LogP contribution in [-0.4, -0.2) is 62.3 Å². The summed E-state index contributed by atoms with van der Waals surface area (Å²) in [5, 5.41) is 1.10. The fraction of sp³-hybridized carbons (Fsp3) is 0.531. The first-order chi connectivity index (χ1) is 19.4. The predicted octanol–water partition coefficient (Wildman–Crippen LogP) is 5.38. The highest BCUT2D eigenvalue weighted by Crippen LogP contribution is 2.60. The predicted molar refractivity (Wildman–Crippen MR) is 153 cm³/mol. The number of aryl methyl sites for hydroxylation is 1. The molecule has 4 aliphatic rings. The monoisotopic (exact) mass is 539 g/mol. The molecule has 4 fully saturated rings. The molecule has 0 spiro atoms. The van der Waals surface area contributed by atoms with Gasteiger partial charge in [0, 0.05) is 49.9 Å². The molecule has 1 unspecified atom stereocenters. The summed E-state index contributed by atoms with van der Waals surface area (Å²) in [6.45, 7) is 6.82. The van der Waals surface area contributed by atoms with E-state index >= 15 is 0 Å². The molecule has 0 radical (unpaired) electrons. The summed E-state index contributed by atoms with van der Waals surface area (Å²) < 4.78 is 16.3. The molecule has 4 heterocycles. The molecule has 3 aromatic heterocycles. The highest BCUT2D eigenvalue weighted by molar-refractivity contribution is 6.00. The average molecular weight is 540 g/mol. The normalized spacial score (nSPS) is 30.2. The molecule has 8 heteroatoms. The molecule has 3 saturated carbocycles. The van der Waals surface area contributed by atoms with Gasteiger partial charge in [0.25, 0.3) is 5.91 Å². The Hall–Kier alpha value is -3.39. The van der Waals surface area contributed by atoms with Crippen LogP contribution < -0.4 is 4.74 Å². The molecule has 1 aromatic carbocycles. The Balaban J connectivity index is 1.26. The maximum absolute atomic E-state index is 13.8. The number of benzene rings is 1. The van der Waals surface area contributed by atoms with E-state index in [9.17, 15) is 4.79 Å². The van der Waals surface area contributed by atoms with Crippen LogP contribution in [0.3, 0.4) is 0 Å². The second-order valence-electron chi connectivity index (χ2n) is 12.8. The van der Waals surface area contributed by atoms with Crippen molar-refractivity contribution in [3.63, 3.8) is 0 Å². The third kappa shape index (κ3) is 3.31. The molecule has 4 atom stereocenters. The fourth-order valence-corrected chi connectivity index (χ4v) is 8.55. The van der Waals surface area contributed by atoms with Crippen molar-refractivity contribution < 1.29 is 14.3 Å².